The Hall–Kier alpha value is -2.68. The molecule has 3 aliphatic rings. The van der Waals surface area contributed by atoms with Gasteiger partial charge in [-0.05, 0) is 44.8 Å². The van der Waals surface area contributed by atoms with Crippen molar-refractivity contribution < 1.29 is 24.2 Å². The number of esters is 1. The van der Waals surface area contributed by atoms with E-state index in [1.54, 1.807) is 22.9 Å². The van der Waals surface area contributed by atoms with Gasteiger partial charge in [0.15, 0.2) is 0 Å². The molecule has 9 nitrogen and oxygen atoms in total. The Labute approximate surface area is 181 Å². The van der Waals surface area contributed by atoms with E-state index in [0.29, 0.717) is 38.9 Å². The number of aryl methyl sites for hydroxylation is 1. The number of pyridine rings is 1. The molecule has 3 fully saturated rings. The van der Waals surface area contributed by atoms with E-state index in [0.717, 1.165) is 26.1 Å². The van der Waals surface area contributed by atoms with Crippen molar-refractivity contribution in [1.29, 1.82) is 0 Å². The molecule has 0 bridgehead atoms. The van der Waals surface area contributed by atoms with E-state index < -0.39 is 5.41 Å². The molecule has 9 heteroatoms. The van der Waals surface area contributed by atoms with Crippen LogP contribution in [0, 0.1) is 5.41 Å². The smallest absolute Gasteiger partial charge is 0.312 e. The summed E-state index contributed by atoms with van der Waals surface area (Å²) >= 11 is 0. The lowest BCUT2D eigenvalue weighted by molar-refractivity contribution is -0.152. The third kappa shape index (κ3) is 5.72. The molecular weight excluding hydrogens is 402 g/mol. The molecule has 0 aromatic carbocycles. The molecule has 1 spiro atoms. The summed E-state index contributed by atoms with van der Waals surface area (Å²) in [6.45, 7) is 4.38. The van der Waals surface area contributed by atoms with E-state index in [9.17, 15) is 14.4 Å². The number of carbonyl (C=O) groups is 3. The second-order valence-corrected chi connectivity index (χ2v) is 8.49. The van der Waals surface area contributed by atoms with E-state index in [-0.39, 0.29) is 30.0 Å². The standard InChI is InChI=1S/C21H29N3O4.CH2O2/c25-18-5-1-2-11-23(18)12-6-19(26)24-13-7-21(8-14-24)15-17(28-20(21)27)16-22-9-3-4-10-22;2-1-3/h1-2,5,11,17H,3-4,6-10,12-16H2;1H,(H,2,3). The predicted octanol–water partition coefficient (Wildman–Crippen LogP) is 0.959. The molecule has 1 aromatic heterocycles. The highest BCUT2D eigenvalue weighted by Gasteiger charge is 2.51. The number of aromatic nitrogens is 1. The van der Waals surface area contributed by atoms with Crippen LogP contribution in [-0.4, -0.2) is 76.6 Å². The summed E-state index contributed by atoms with van der Waals surface area (Å²) in [6.07, 6.45) is 6.62. The SMILES string of the molecule is O=C(CCn1ccccc1=O)N1CCC2(CC1)CC(CN1CCCC1)OC2=O.O=CO. The van der Waals surface area contributed by atoms with Gasteiger partial charge in [-0.15, -0.1) is 0 Å². The van der Waals surface area contributed by atoms with Crippen LogP contribution in [0.5, 0.6) is 0 Å². The molecule has 0 aliphatic carbocycles. The summed E-state index contributed by atoms with van der Waals surface area (Å²) in [5.74, 6) is -0.0229. The number of cyclic esters (lactones) is 1. The zero-order valence-electron chi connectivity index (χ0n) is 17.8. The number of carbonyl (C=O) groups excluding carboxylic acids is 2. The molecule has 0 radical (unpaired) electrons. The number of nitrogens with zero attached hydrogens (tertiary/aromatic N) is 3. The van der Waals surface area contributed by atoms with Crippen molar-refractivity contribution in [3.63, 3.8) is 0 Å². The fourth-order valence-corrected chi connectivity index (χ4v) is 4.80. The van der Waals surface area contributed by atoms with Gasteiger partial charge in [0, 0.05) is 51.3 Å². The second kappa shape index (κ2) is 10.6. The molecule has 1 atom stereocenters. The number of carboxylic acid groups (broad SMARTS) is 1. The van der Waals surface area contributed by atoms with E-state index >= 15 is 0 Å². The highest BCUT2D eigenvalue weighted by atomic mass is 16.6. The topological polar surface area (TPSA) is 109 Å². The molecule has 170 valence electrons. The minimum atomic E-state index is -0.405. The van der Waals surface area contributed by atoms with Gasteiger partial charge in [-0.3, -0.25) is 24.1 Å². The Bertz CT molecular complexity index is 825. The van der Waals surface area contributed by atoms with E-state index in [1.807, 2.05) is 4.90 Å². The highest BCUT2D eigenvalue weighted by Crippen LogP contribution is 2.43. The van der Waals surface area contributed by atoms with Crippen LogP contribution < -0.4 is 5.56 Å². The van der Waals surface area contributed by atoms with Crippen molar-refractivity contribution in [2.45, 2.75) is 51.2 Å². The van der Waals surface area contributed by atoms with Gasteiger partial charge in [-0.1, -0.05) is 6.07 Å². The third-order valence-electron chi connectivity index (χ3n) is 6.52. The molecule has 0 saturated carbocycles. The van der Waals surface area contributed by atoms with E-state index in [2.05, 4.69) is 4.90 Å². The molecule has 1 aromatic rings. The quantitative estimate of drug-likeness (QED) is 0.544. The summed E-state index contributed by atoms with van der Waals surface area (Å²) in [7, 11) is 0. The molecular formula is C22H31N3O6. The summed E-state index contributed by atoms with van der Waals surface area (Å²) < 4.78 is 7.26. The maximum absolute atomic E-state index is 12.6. The van der Waals surface area contributed by atoms with Crippen molar-refractivity contribution in [3.05, 3.63) is 34.7 Å². The minimum Gasteiger partial charge on any atom is -0.483 e. The molecule has 3 saturated heterocycles. The Morgan fingerprint density at radius 1 is 1.16 bits per heavy atom. The lowest BCUT2D eigenvalue weighted by Gasteiger charge is -2.36. The van der Waals surface area contributed by atoms with Gasteiger partial charge in [0.25, 0.3) is 12.0 Å². The van der Waals surface area contributed by atoms with Crippen molar-refractivity contribution >= 4 is 18.3 Å². The summed E-state index contributed by atoms with van der Waals surface area (Å²) in [5, 5.41) is 6.89. The average molecular weight is 434 g/mol. The molecule has 1 amide bonds. The van der Waals surface area contributed by atoms with Crippen molar-refractivity contribution in [1.82, 2.24) is 14.4 Å². The van der Waals surface area contributed by atoms with Crippen LogP contribution in [-0.2, 0) is 25.7 Å². The van der Waals surface area contributed by atoms with Gasteiger partial charge in [-0.2, -0.15) is 0 Å². The maximum Gasteiger partial charge on any atom is 0.312 e. The third-order valence-corrected chi connectivity index (χ3v) is 6.52. The van der Waals surface area contributed by atoms with Crippen molar-refractivity contribution in [2.24, 2.45) is 5.41 Å². The Kier molecular flexibility index (Phi) is 7.84. The first kappa shape index (κ1) is 23.0. The van der Waals surface area contributed by atoms with Crippen LogP contribution in [0.2, 0.25) is 0 Å². The number of hydrogen-bond acceptors (Lipinski definition) is 6. The molecule has 3 aliphatic heterocycles. The van der Waals surface area contributed by atoms with Crippen LogP contribution in [0.3, 0.4) is 0 Å². The first-order chi connectivity index (χ1) is 15.0. The lowest BCUT2D eigenvalue weighted by atomic mass is 9.76. The largest absolute Gasteiger partial charge is 0.483 e. The fourth-order valence-electron chi connectivity index (χ4n) is 4.80. The first-order valence-electron chi connectivity index (χ1n) is 10.9. The summed E-state index contributed by atoms with van der Waals surface area (Å²) in [4.78, 5) is 49.5. The van der Waals surface area contributed by atoms with Crippen molar-refractivity contribution in [3.8, 4) is 0 Å². The van der Waals surface area contributed by atoms with Gasteiger partial charge in [0.1, 0.15) is 6.10 Å². The Balaban J connectivity index is 0.000000858. The number of hydrogen-bond donors (Lipinski definition) is 1. The van der Waals surface area contributed by atoms with Gasteiger partial charge in [0.2, 0.25) is 5.91 Å². The maximum atomic E-state index is 12.6. The normalized spacial score (nSPS) is 22.6. The second-order valence-electron chi connectivity index (χ2n) is 8.49. The Morgan fingerprint density at radius 2 is 1.84 bits per heavy atom. The van der Waals surface area contributed by atoms with Gasteiger partial charge in [-0.25, -0.2) is 0 Å². The summed E-state index contributed by atoms with van der Waals surface area (Å²) in [5.41, 5.74) is -0.497. The van der Waals surface area contributed by atoms with E-state index in [4.69, 9.17) is 14.6 Å². The van der Waals surface area contributed by atoms with Gasteiger partial charge < -0.3 is 19.3 Å². The molecule has 4 rings (SSSR count). The van der Waals surface area contributed by atoms with Crippen LogP contribution in [0.15, 0.2) is 29.2 Å². The zero-order valence-corrected chi connectivity index (χ0v) is 17.8. The van der Waals surface area contributed by atoms with Crippen LogP contribution in [0.1, 0.15) is 38.5 Å². The Morgan fingerprint density at radius 3 is 2.48 bits per heavy atom. The average Bonchev–Trinajstić information content (AvgIpc) is 3.37. The molecule has 1 N–H and O–H groups in total. The highest BCUT2D eigenvalue weighted by molar-refractivity contribution is 5.80. The molecule has 31 heavy (non-hydrogen) atoms. The molecule has 4 heterocycles. The number of ether oxygens (including phenoxy) is 1. The van der Waals surface area contributed by atoms with E-state index in [1.165, 1.54) is 18.9 Å². The van der Waals surface area contributed by atoms with Crippen LogP contribution >= 0.6 is 0 Å². The number of piperidine rings is 1. The first-order valence-corrected chi connectivity index (χ1v) is 10.9. The minimum absolute atomic E-state index is 0.00203. The van der Waals surface area contributed by atoms with Gasteiger partial charge in [0.05, 0.1) is 5.41 Å². The summed E-state index contributed by atoms with van der Waals surface area (Å²) in [6, 6.07) is 4.99. The van der Waals surface area contributed by atoms with Crippen LogP contribution in [0.25, 0.3) is 0 Å². The number of likely N-dealkylation sites (tertiary alicyclic amines) is 2. The predicted molar refractivity (Wildman–Crippen MR) is 112 cm³/mol. The number of rotatable bonds is 5. The van der Waals surface area contributed by atoms with Crippen molar-refractivity contribution in [2.75, 3.05) is 32.7 Å². The number of amides is 1. The zero-order chi connectivity index (χ0) is 22.3. The monoisotopic (exact) mass is 433 g/mol. The van der Waals surface area contributed by atoms with Crippen LogP contribution in [0.4, 0.5) is 0 Å². The fraction of sp³-hybridized carbons (Fsp3) is 0.636. The van der Waals surface area contributed by atoms with Gasteiger partial charge >= 0.3 is 5.97 Å². The lowest BCUT2D eigenvalue weighted by Crippen LogP contribution is -2.45. The molecule has 1 unspecified atom stereocenters.